The summed E-state index contributed by atoms with van der Waals surface area (Å²) in [7, 11) is 0. The maximum absolute atomic E-state index is 11.4. The molecule has 0 heterocycles. The summed E-state index contributed by atoms with van der Waals surface area (Å²) in [5.41, 5.74) is 8.84. The third-order valence-electron chi connectivity index (χ3n) is 3.97. The lowest BCUT2D eigenvalue weighted by Crippen LogP contribution is -2.64. The second-order valence-electron chi connectivity index (χ2n) is 4.90. The van der Waals surface area contributed by atoms with Crippen molar-refractivity contribution in [2.75, 3.05) is 0 Å². The van der Waals surface area contributed by atoms with E-state index in [4.69, 9.17) is 16.7 Å². The van der Waals surface area contributed by atoms with E-state index in [1.807, 2.05) is 0 Å². The van der Waals surface area contributed by atoms with Crippen LogP contribution in [0.2, 0.25) is 0 Å². The molecule has 0 aliphatic heterocycles. The maximum atomic E-state index is 11.4. The SMILES string of the molecule is CCC(CC)C1(N)C([N+](=O)[O-])=CC(C#N)=C(N)C1[N+](=O)[O-]. The molecule has 1 aliphatic carbocycles. The average Bonchev–Trinajstić information content (AvgIpc) is 2.39. The second kappa shape index (κ2) is 5.88. The molecule has 0 aromatic rings. The first-order valence-electron chi connectivity index (χ1n) is 6.44. The predicted octanol–water partition coefficient (Wildman–Crippen LogP) is 0.676. The smallest absolute Gasteiger partial charge is 0.281 e. The summed E-state index contributed by atoms with van der Waals surface area (Å²) in [5, 5.41) is 31.7. The van der Waals surface area contributed by atoms with E-state index in [0.29, 0.717) is 12.8 Å². The molecule has 1 rings (SSSR count). The first kappa shape index (κ1) is 16.6. The molecule has 0 aromatic heterocycles. The van der Waals surface area contributed by atoms with Crippen LogP contribution < -0.4 is 11.5 Å². The normalized spacial score (nSPS) is 25.5. The van der Waals surface area contributed by atoms with E-state index in [1.165, 1.54) is 0 Å². The Morgan fingerprint density at radius 3 is 2.29 bits per heavy atom. The van der Waals surface area contributed by atoms with Gasteiger partial charge in [-0.15, -0.1) is 0 Å². The fourth-order valence-corrected chi connectivity index (χ4v) is 2.88. The van der Waals surface area contributed by atoms with Gasteiger partial charge in [0.15, 0.2) is 5.54 Å². The highest BCUT2D eigenvalue weighted by Gasteiger charge is 2.60. The molecule has 0 radical (unpaired) electrons. The highest BCUT2D eigenvalue weighted by atomic mass is 16.6. The van der Waals surface area contributed by atoms with Crippen LogP contribution in [-0.4, -0.2) is 21.4 Å². The number of nitriles is 1. The lowest BCUT2D eigenvalue weighted by molar-refractivity contribution is -0.536. The van der Waals surface area contributed by atoms with E-state index in [9.17, 15) is 20.2 Å². The Bertz CT molecular complexity index is 573. The zero-order valence-electron chi connectivity index (χ0n) is 11.8. The van der Waals surface area contributed by atoms with E-state index >= 15 is 0 Å². The van der Waals surface area contributed by atoms with Gasteiger partial charge in [0.1, 0.15) is 11.8 Å². The molecule has 2 unspecified atom stereocenters. The van der Waals surface area contributed by atoms with Gasteiger partial charge >= 0.3 is 0 Å². The van der Waals surface area contributed by atoms with Gasteiger partial charge in [-0.1, -0.05) is 26.7 Å². The first-order chi connectivity index (χ1) is 9.75. The highest BCUT2D eigenvalue weighted by Crippen LogP contribution is 2.39. The first-order valence-corrected chi connectivity index (χ1v) is 6.44. The Hall–Kier alpha value is -2.47. The molecule has 1 aliphatic rings. The molecule has 0 bridgehead atoms. The van der Waals surface area contributed by atoms with E-state index in [0.717, 1.165) is 6.08 Å². The van der Waals surface area contributed by atoms with E-state index in [-0.39, 0.29) is 11.3 Å². The number of rotatable bonds is 5. The van der Waals surface area contributed by atoms with Gasteiger partial charge in [-0.25, -0.2) is 0 Å². The minimum absolute atomic E-state index is 0.282. The van der Waals surface area contributed by atoms with Crippen molar-refractivity contribution in [1.82, 2.24) is 0 Å². The quantitative estimate of drug-likeness (QED) is 0.556. The second-order valence-corrected chi connectivity index (χ2v) is 4.90. The molecule has 0 saturated carbocycles. The number of hydrogen-bond donors (Lipinski definition) is 2. The van der Waals surface area contributed by atoms with Crippen molar-refractivity contribution in [3.05, 3.63) is 43.3 Å². The monoisotopic (exact) mass is 295 g/mol. The lowest BCUT2D eigenvalue weighted by Gasteiger charge is -2.37. The Morgan fingerprint density at radius 2 is 1.95 bits per heavy atom. The van der Waals surface area contributed by atoms with Crippen LogP contribution >= 0.6 is 0 Å². The lowest BCUT2D eigenvalue weighted by atomic mass is 9.69. The van der Waals surface area contributed by atoms with Crippen molar-refractivity contribution in [1.29, 1.82) is 5.26 Å². The molecule has 0 aromatic carbocycles. The standard InChI is InChI=1S/C12H17N5O4/c1-3-8(4-2)12(15)9(16(18)19)5-7(6-13)10(14)11(12)17(20)21/h5,8,11H,3-4,14-15H2,1-2H3. The zero-order valence-corrected chi connectivity index (χ0v) is 11.8. The van der Waals surface area contributed by atoms with Gasteiger partial charge in [-0.2, -0.15) is 5.26 Å². The molecule has 9 heteroatoms. The van der Waals surface area contributed by atoms with Crippen molar-refractivity contribution in [3.8, 4) is 6.07 Å². The maximum Gasteiger partial charge on any atom is 0.281 e. The van der Waals surface area contributed by atoms with Gasteiger partial charge < -0.3 is 11.5 Å². The molecule has 0 amide bonds. The molecule has 2 atom stereocenters. The highest BCUT2D eigenvalue weighted by molar-refractivity contribution is 5.48. The van der Waals surface area contributed by atoms with Gasteiger partial charge in [0.25, 0.3) is 11.7 Å². The zero-order chi connectivity index (χ0) is 16.4. The summed E-state index contributed by atoms with van der Waals surface area (Å²) in [5.74, 6) is -0.511. The summed E-state index contributed by atoms with van der Waals surface area (Å²) in [6.45, 7) is 3.49. The van der Waals surface area contributed by atoms with Crippen molar-refractivity contribution in [2.45, 2.75) is 38.3 Å². The molecule has 0 spiro atoms. The van der Waals surface area contributed by atoms with Gasteiger partial charge in [0.2, 0.25) is 0 Å². The molecule has 114 valence electrons. The Morgan fingerprint density at radius 1 is 1.43 bits per heavy atom. The summed E-state index contributed by atoms with van der Waals surface area (Å²) < 4.78 is 0. The van der Waals surface area contributed by atoms with Gasteiger partial charge in [-0.3, -0.25) is 20.2 Å². The van der Waals surface area contributed by atoms with Crippen LogP contribution in [0.15, 0.2) is 23.0 Å². The van der Waals surface area contributed by atoms with E-state index < -0.39 is 33.0 Å². The van der Waals surface area contributed by atoms with Gasteiger partial charge in [-0.05, 0) is 5.92 Å². The number of nitro groups is 2. The molecule has 9 nitrogen and oxygen atoms in total. The van der Waals surface area contributed by atoms with Crippen LogP contribution in [-0.2, 0) is 0 Å². The fraction of sp³-hybridized carbons (Fsp3) is 0.583. The minimum Gasteiger partial charge on any atom is -0.395 e. The fourth-order valence-electron chi connectivity index (χ4n) is 2.88. The van der Waals surface area contributed by atoms with Crippen molar-refractivity contribution < 1.29 is 9.85 Å². The molecule has 0 saturated heterocycles. The topological polar surface area (TPSA) is 162 Å². The van der Waals surface area contributed by atoms with Crippen LogP contribution in [0.3, 0.4) is 0 Å². The number of allylic oxidation sites excluding steroid dienone is 2. The summed E-state index contributed by atoms with van der Waals surface area (Å²) in [6, 6.07) is -0.0423. The Balaban J connectivity index is 3.68. The molecule has 21 heavy (non-hydrogen) atoms. The minimum atomic E-state index is -1.85. The number of nitrogens with two attached hydrogens (primary N) is 2. The summed E-state index contributed by atoms with van der Waals surface area (Å²) in [4.78, 5) is 21.2. The van der Waals surface area contributed by atoms with Crippen molar-refractivity contribution in [2.24, 2.45) is 17.4 Å². The Kier molecular flexibility index (Phi) is 4.65. The van der Waals surface area contributed by atoms with E-state index in [1.54, 1.807) is 19.9 Å². The molecule has 4 N–H and O–H groups in total. The van der Waals surface area contributed by atoms with Crippen molar-refractivity contribution >= 4 is 0 Å². The number of nitrogens with zero attached hydrogens (tertiary/aromatic N) is 3. The van der Waals surface area contributed by atoms with Gasteiger partial charge in [0, 0.05) is 11.0 Å². The predicted molar refractivity (Wildman–Crippen MR) is 73.7 cm³/mol. The van der Waals surface area contributed by atoms with Crippen LogP contribution in [0.25, 0.3) is 0 Å². The van der Waals surface area contributed by atoms with Crippen molar-refractivity contribution in [3.63, 3.8) is 0 Å². The summed E-state index contributed by atoms with van der Waals surface area (Å²) in [6.07, 6.45) is 1.78. The molecular weight excluding hydrogens is 278 g/mol. The largest absolute Gasteiger partial charge is 0.395 e. The van der Waals surface area contributed by atoms with Crippen LogP contribution in [0.1, 0.15) is 26.7 Å². The van der Waals surface area contributed by atoms with Crippen LogP contribution in [0.4, 0.5) is 0 Å². The molecular formula is C12H17N5O4. The van der Waals surface area contributed by atoms with E-state index in [2.05, 4.69) is 0 Å². The van der Waals surface area contributed by atoms with Crippen LogP contribution in [0, 0.1) is 37.5 Å². The Labute approximate surface area is 121 Å². The third kappa shape index (κ3) is 2.45. The average molecular weight is 295 g/mol. The third-order valence-corrected chi connectivity index (χ3v) is 3.97. The summed E-state index contributed by atoms with van der Waals surface area (Å²) >= 11 is 0. The van der Waals surface area contributed by atoms with Crippen LogP contribution in [0.5, 0.6) is 0 Å². The molecule has 0 fully saturated rings. The van der Waals surface area contributed by atoms with Gasteiger partial charge in [0.05, 0.1) is 10.5 Å². The number of hydrogen-bond acceptors (Lipinski definition) is 7.